The van der Waals surface area contributed by atoms with E-state index in [1.807, 2.05) is 0 Å². The smallest absolute Gasteiger partial charge is 0.00954 e. The van der Waals surface area contributed by atoms with Gasteiger partial charge in [-0.1, -0.05) is 26.7 Å². The highest BCUT2D eigenvalue weighted by atomic mass is 35.5. The van der Waals surface area contributed by atoms with Crippen molar-refractivity contribution in [1.82, 2.24) is 10.2 Å². The molecular formula is C15H31ClN2. The van der Waals surface area contributed by atoms with E-state index in [2.05, 4.69) is 24.1 Å². The first kappa shape index (κ1) is 16.3. The minimum atomic E-state index is 0. The maximum Gasteiger partial charge on any atom is 0.00954 e. The molecule has 0 atom stereocenters. The zero-order chi connectivity index (χ0) is 12.1. The van der Waals surface area contributed by atoms with Gasteiger partial charge in [0, 0.05) is 19.1 Å². The van der Waals surface area contributed by atoms with Crippen molar-refractivity contribution in [3.63, 3.8) is 0 Å². The van der Waals surface area contributed by atoms with Crippen LogP contribution >= 0.6 is 12.4 Å². The number of rotatable bonds is 5. The normalized spacial score (nSPS) is 22.7. The van der Waals surface area contributed by atoms with Crippen LogP contribution in [0.3, 0.4) is 0 Å². The van der Waals surface area contributed by atoms with E-state index in [9.17, 15) is 0 Å². The van der Waals surface area contributed by atoms with Crippen LogP contribution in [0, 0.1) is 11.8 Å². The Morgan fingerprint density at radius 2 is 1.67 bits per heavy atom. The average Bonchev–Trinajstić information content (AvgIpc) is 2.82. The summed E-state index contributed by atoms with van der Waals surface area (Å²) in [4.78, 5) is 2.83. The number of nitrogens with one attached hydrogen (secondary N) is 1. The molecule has 1 saturated carbocycles. The molecule has 1 saturated heterocycles. The molecule has 0 aromatic rings. The Morgan fingerprint density at radius 1 is 1.06 bits per heavy atom. The first-order chi connectivity index (χ1) is 8.25. The van der Waals surface area contributed by atoms with Crippen LogP contribution in [0.15, 0.2) is 0 Å². The molecule has 1 N–H and O–H groups in total. The van der Waals surface area contributed by atoms with Crippen molar-refractivity contribution in [1.29, 1.82) is 0 Å². The lowest BCUT2D eigenvalue weighted by Gasteiger charge is -2.35. The van der Waals surface area contributed by atoms with Gasteiger partial charge in [-0.15, -0.1) is 12.4 Å². The Bertz CT molecular complexity index is 209. The van der Waals surface area contributed by atoms with Crippen molar-refractivity contribution in [2.45, 2.75) is 58.4 Å². The summed E-state index contributed by atoms with van der Waals surface area (Å²) in [5, 5.41) is 3.48. The van der Waals surface area contributed by atoms with Gasteiger partial charge in [0.05, 0.1) is 0 Å². The fraction of sp³-hybridized carbons (Fsp3) is 1.00. The Labute approximate surface area is 119 Å². The lowest BCUT2D eigenvalue weighted by molar-refractivity contribution is 0.137. The molecule has 2 nitrogen and oxygen atoms in total. The van der Waals surface area contributed by atoms with Crippen molar-refractivity contribution in [2.75, 3.05) is 26.2 Å². The maximum absolute atomic E-state index is 3.48. The number of hydrogen-bond acceptors (Lipinski definition) is 2. The maximum atomic E-state index is 3.48. The van der Waals surface area contributed by atoms with Crippen LogP contribution in [0.25, 0.3) is 0 Å². The highest BCUT2D eigenvalue weighted by molar-refractivity contribution is 5.85. The molecule has 0 radical (unpaired) electrons. The SMILES string of the molecule is CC(C)CN(CC1CCNCC1)C1CCCC1.Cl. The Kier molecular flexibility index (Phi) is 7.59. The van der Waals surface area contributed by atoms with Gasteiger partial charge in [-0.05, 0) is 50.6 Å². The summed E-state index contributed by atoms with van der Waals surface area (Å²) in [7, 11) is 0. The lowest BCUT2D eigenvalue weighted by Crippen LogP contribution is -2.42. The van der Waals surface area contributed by atoms with E-state index >= 15 is 0 Å². The third-order valence-electron chi connectivity index (χ3n) is 4.39. The van der Waals surface area contributed by atoms with Gasteiger partial charge < -0.3 is 5.32 Å². The fourth-order valence-corrected chi connectivity index (χ4v) is 3.51. The molecule has 2 rings (SSSR count). The third kappa shape index (κ3) is 5.07. The van der Waals surface area contributed by atoms with Crippen LogP contribution in [-0.4, -0.2) is 37.1 Å². The van der Waals surface area contributed by atoms with Crippen molar-refractivity contribution in [3.05, 3.63) is 0 Å². The highest BCUT2D eigenvalue weighted by Gasteiger charge is 2.25. The molecule has 0 bridgehead atoms. The van der Waals surface area contributed by atoms with Gasteiger partial charge in [-0.25, -0.2) is 0 Å². The van der Waals surface area contributed by atoms with E-state index in [1.54, 1.807) is 0 Å². The quantitative estimate of drug-likeness (QED) is 0.828. The molecule has 1 aliphatic heterocycles. The molecule has 108 valence electrons. The van der Waals surface area contributed by atoms with Gasteiger partial charge in [0.25, 0.3) is 0 Å². The van der Waals surface area contributed by atoms with Crippen molar-refractivity contribution >= 4 is 12.4 Å². The van der Waals surface area contributed by atoms with Gasteiger partial charge in [0.1, 0.15) is 0 Å². The first-order valence-electron chi connectivity index (χ1n) is 7.70. The second kappa shape index (κ2) is 8.39. The van der Waals surface area contributed by atoms with Crippen LogP contribution in [0.5, 0.6) is 0 Å². The number of nitrogens with zero attached hydrogens (tertiary/aromatic N) is 1. The van der Waals surface area contributed by atoms with E-state index in [0.717, 1.165) is 17.9 Å². The molecule has 2 aliphatic rings. The first-order valence-corrected chi connectivity index (χ1v) is 7.70. The summed E-state index contributed by atoms with van der Waals surface area (Å²) in [5.74, 6) is 1.77. The summed E-state index contributed by atoms with van der Waals surface area (Å²) in [6.07, 6.45) is 8.62. The molecule has 2 fully saturated rings. The predicted octanol–water partition coefficient (Wildman–Crippen LogP) is 3.31. The standard InChI is InChI=1S/C15H30N2.ClH/c1-13(2)11-17(15-5-3-4-6-15)12-14-7-9-16-10-8-14;/h13-16H,3-12H2,1-2H3;1H. The topological polar surface area (TPSA) is 15.3 Å². The Morgan fingerprint density at radius 3 is 2.22 bits per heavy atom. The van der Waals surface area contributed by atoms with Crippen LogP contribution in [0.1, 0.15) is 52.4 Å². The second-order valence-corrected chi connectivity index (χ2v) is 6.48. The van der Waals surface area contributed by atoms with Crippen LogP contribution in [0.2, 0.25) is 0 Å². The molecule has 0 amide bonds. The predicted molar refractivity (Wildman–Crippen MR) is 81.5 cm³/mol. The number of halogens is 1. The molecule has 0 spiro atoms. The van der Waals surface area contributed by atoms with Gasteiger partial charge in [0.15, 0.2) is 0 Å². The minimum Gasteiger partial charge on any atom is -0.317 e. The molecule has 0 aromatic carbocycles. The van der Waals surface area contributed by atoms with Gasteiger partial charge in [0.2, 0.25) is 0 Å². The molecule has 1 heterocycles. The zero-order valence-corrected chi connectivity index (χ0v) is 13.0. The van der Waals surface area contributed by atoms with Crippen molar-refractivity contribution in [3.8, 4) is 0 Å². The van der Waals surface area contributed by atoms with Crippen molar-refractivity contribution < 1.29 is 0 Å². The van der Waals surface area contributed by atoms with Crippen LogP contribution < -0.4 is 5.32 Å². The zero-order valence-electron chi connectivity index (χ0n) is 12.2. The monoisotopic (exact) mass is 274 g/mol. The van der Waals surface area contributed by atoms with Crippen molar-refractivity contribution in [2.24, 2.45) is 11.8 Å². The molecular weight excluding hydrogens is 244 g/mol. The molecule has 18 heavy (non-hydrogen) atoms. The van der Waals surface area contributed by atoms with E-state index < -0.39 is 0 Å². The average molecular weight is 275 g/mol. The van der Waals surface area contributed by atoms with E-state index in [0.29, 0.717) is 0 Å². The summed E-state index contributed by atoms with van der Waals surface area (Å²) in [6, 6.07) is 0.910. The Balaban J connectivity index is 0.00000162. The van der Waals surface area contributed by atoms with E-state index in [-0.39, 0.29) is 12.4 Å². The summed E-state index contributed by atoms with van der Waals surface area (Å²) < 4.78 is 0. The van der Waals surface area contributed by atoms with E-state index in [4.69, 9.17) is 0 Å². The molecule has 0 aromatic heterocycles. The third-order valence-corrected chi connectivity index (χ3v) is 4.39. The van der Waals surface area contributed by atoms with E-state index in [1.165, 1.54) is 64.7 Å². The van der Waals surface area contributed by atoms with Gasteiger partial charge in [-0.2, -0.15) is 0 Å². The summed E-state index contributed by atoms with van der Waals surface area (Å²) in [6.45, 7) is 9.89. The number of hydrogen-bond donors (Lipinski definition) is 1. The molecule has 3 heteroatoms. The molecule has 0 unspecified atom stereocenters. The Hall–Kier alpha value is 0.210. The molecule has 1 aliphatic carbocycles. The van der Waals surface area contributed by atoms with Crippen LogP contribution in [0.4, 0.5) is 0 Å². The lowest BCUT2D eigenvalue weighted by atomic mass is 9.96. The van der Waals surface area contributed by atoms with Gasteiger partial charge in [-0.3, -0.25) is 4.90 Å². The van der Waals surface area contributed by atoms with Gasteiger partial charge >= 0.3 is 0 Å². The summed E-state index contributed by atoms with van der Waals surface area (Å²) >= 11 is 0. The second-order valence-electron chi connectivity index (χ2n) is 6.48. The minimum absolute atomic E-state index is 0. The summed E-state index contributed by atoms with van der Waals surface area (Å²) in [5.41, 5.74) is 0. The largest absolute Gasteiger partial charge is 0.317 e. The fourth-order valence-electron chi connectivity index (χ4n) is 3.51. The number of piperidine rings is 1. The van der Waals surface area contributed by atoms with Crippen LogP contribution in [-0.2, 0) is 0 Å². The highest BCUT2D eigenvalue weighted by Crippen LogP contribution is 2.26.